The number of carbonyl (C=O) groups excluding carboxylic acids is 1. The minimum Gasteiger partial charge on any atom is -0.366 e. The molecule has 3 rings (SSSR count). The molecular formula is C16H18N2OS. The fraction of sp³-hybridized carbons (Fsp3) is 0.312. The first-order chi connectivity index (χ1) is 9.74. The SMILES string of the molecule is NC(=O)c1ccc(CN2CCCC2c2cccs2)cc1. The van der Waals surface area contributed by atoms with E-state index in [1.165, 1.54) is 23.3 Å². The Labute approximate surface area is 123 Å². The van der Waals surface area contributed by atoms with Crippen LogP contribution in [0.1, 0.15) is 39.7 Å². The van der Waals surface area contributed by atoms with Crippen LogP contribution in [0.15, 0.2) is 41.8 Å². The Bertz CT molecular complexity index is 577. The lowest BCUT2D eigenvalue weighted by molar-refractivity contribution is 0.100. The number of benzene rings is 1. The van der Waals surface area contributed by atoms with Gasteiger partial charge in [-0.2, -0.15) is 0 Å². The van der Waals surface area contributed by atoms with Crippen LogP contribution in [0.25, 0.3) is 0 Å². The van der Waals surface area contributed by atoms with Crippen molar-refractivity contribution < 1.29 is 4.79 Å². The van der Waals surface area contributed by atoms with E-state index in [1.54, 1.807) is 0 Å². The predicted octanol–water partition coefficient (Wildman–Crippen LogP) is 3.18. The molecule has 104 valence electrons. The number of likely N-dealkylation sites (tertiary alicyclic amines) is 1. The second-order valence-electron chi connectivity index (χ2n) is 5.21. The third-order valence-electron chi connectivity index (χ3n) is 3.86. The van der Waals surface area contributed by atoms with Crippen molar-refractivity contribution in [2.45, 2.75) is 25.4 Å². The number of nitrogens with zero attached hydrogens (tertiary/aromatic N) is 1. The van der Waals surface area contributed by atoms with Gasteiger partial charge in [-0.05, 0) is 48.5 Å². The fourth-order valence-corrected chi connectivity index (χ4v) is 3.72. The highest BCUT2D eigenvalue weighted by atomic mass is 32.1. The predicted molar refractivity (Wildman–Crippen MR) is 81.7 cm³/mol. The molecule has 1 aromatic heterocycles. The maximum Gasteiger partial charge on any atom is 0.248 e. The van der Waals surface area contributed by atoms with Gasteiger partial charge in [0, 0.05) is 23.0 Å². The standard InChI is InChI=1S/C16H18N2OS/c17-16(19)13-7-5-12(6-8-13)11-18-9-1-3-14(18)15-4-2-10-20-15/h2,4-8,10,14H,1,3,9,11H2,(H2,17,19). The zero-order valence-electron chi connectivity index (χ0n) is 11.3. The van der Waals surface area contributed by atoms with E-state index in [4.69, 9.17) is 5.73 Å². The minimum absolute atomic E-state index is 0.366. The molecule has 2 N–H and O–H groups in total. The van der Waals surface area contributed by atoms with E-state index >= 15 is 0 Å². The van der Waals surface area contributed by atoms with Crippen molar-refractivity contribution in [3.63, 3.8) is 0 Å². The Kier molecular flexibility index (Phi) is 3.85. The van der Waals surface area contributed by atoms with Crippen LogP contribution in [0.4, 0.5) is 0 Å². The van der Waals surface area contributed by atoms with E-state index in [0.717, 1.165) is 13.1 Å². The Hall–Kier alpha value is -1.65. The Morgan fingerprint density at radius 3 is 2.75 bits per heavy atom. The van der Waals surface area contributed by atoms with Crippen LogP contribution < -0.4 is 5.73 Å². The lowest BCUT2D eigenvalue weighted by atomic mass is 10.1. The van der Waals surface area contributed by atoms with Gasteiger partial charge in [0.1, 0.15) is 0 Å². The quantitative estimate of drug-likeness (QED) is 0.938. The Balaban J connectivity index is 1.72. The number of rotatable bonds is 4. The average molecular weight is 286 g/mol. The number of hydrogen-bond donors (Lipinski definition) is 1. The highest BCUT2D eigenvalue weighted by Gasteiger charge is 2.26. The molecule has 4 heteroatoms. The van der Waals surface area contributed by atoms with Crippen molar-refractivity contribution in [1.82, 2.24) is 4.90 Å². The van der Waals surface area contributed by atoms with Crippen molar-refractivity contribution in [3.8, 4) is 0 Å². The highest BCUT2D eigenvalue weighted by Crippen LogP contribution is 2.35. The van der Waals surface area contributed by atoms with Crippen molar-refractivity contribution in [3.05, 3.63) is 57.8 Å². The summed E-state index contributed by atoms with van der Waals surface area (Å²) >= 11 is 1.84. The Morgan fingerprint density at radius 2 is 2.10 bits per heavy atom. The largest absolute Gasteiger partial charge is 0.366 e. The molecule has 20 heavy (non-hydrogen) atoms. The van der Waals surface area contributed by atoms with Crippen LogP contribution in [0.2, 0.25) is 0 Å². The fourth-order valence-electron chi connectivity index (χ4n) is 2.83. The first kappa shape index (κ1) is 13.3. The van der Waals surface area contributed by atoms with Crippen LogP contribution in [0.3, 0.4) is 0 Å². The second-order valence-corrected chi connectivity index (χ2v) is 6.18. The summed E-state index contributed by atoms with van der Waals surface area (Å²) in [7, 11) is 0. The van der Waals surface area contributed by atoms with E-state index < -0.39 is 0 Å². The molecule has 1 amide bonds. The van der Waals surface area contributed by atoms with Gasteiger partial charge in [-0.25, -0.2) is 0 Å². The second kappa shape index (κ2) is 5.77. The molecule has 0 aliphatic carbocycles. The third-order valence-corrected chi connectivity index (χ3v) is 4.83. The summed E-state index contributed by atoms with van der Waals surface area (Å²) in [6, 6.07) is 12.5. The zero-order chi connectivity index (χ0) is 13.9. The molecule has 1 saturated heterocycles. The molecule has 2 heterocycles. The van der Waals surface area contributed by atoms with Gasteiger partial charge in [0.05, 0.1) is 0 Å². The summed E-state index contributed by atoms with van der Waals surface area (Å²) in [6.45, 7) is 2.07. The van der Waals surface area contributed by atoms with Crippen molar-refractivity contribution >= 4 is 17.2 Å². The molecular weight excluding hydrogens is 268 g/mol. The molecule has 1 fully saturated rings. The molecule has 1 unspecified atom stereocenters. The van der Waals surface area contributed by atoms with Crippen molar-refractivity contribution in [2.75, 3.05) is 6.54 Å². The summed E-state index contributed by atoms with van der Waals surface area (Å²) in [5.74, 6) is -0.366. The Morgan fingerprint density at radius 1 is 1.30 bits per heavy atom. The lowest BCUT2D eigenvalue weighted by Gasteiger charge is -2.23. The summed E-state index contributed by atoms with van der Waals surface area (Å²) in [5, 5.41) is 2.15. The van der Waals surface area contributed by atoms with Crippen LogP contribution in [0, 0.1) is 0 Å². The van der Waals surface area contributed by atoms with E-state index in [2.05, 4.69) is 22.4 Å². The maximum atomic E-state index is 11.1. The van der Waals surface area contributed by atoms with Gasteiger partial charge in [0.15, 0.2) is 0 Å². The summed E-state index contributed by atoms with van der Waals surface area (Å²) in [5.41, 5.74) is 7.07. The number of thiophene rings is 1. The van der Waals surface area contributed by atoms with Crippen molar-refractivity contribution in [1.29, 1.82) is 0 Å². The van der Waals surface area contributed by atoms with Gasteiger partial charge in [-0.1, -0.05) is 18.2 Å². The number of primary amides is 1. The highest BCUT2D eigenvalue weighted by molar-refractivity contribution is 7.10. The van der Waals surface area contributed by atoms with E-state index in [-0.39, 0.29) is 5.91 Å². The summed E-state index contributed by atoms with van der Waals surface area (Å²) < 4.78 is 0. The lowest BCUT2D eigenvalue weighted by Crippen LogP contribution is -2.22. The smallest absolute Gasteiger partial charge is 0.248 e. The number of hydrogen-bond acceptors (Lipinski definition) is 3. The monoisotopic (exact) mass is 286 g/mol. The first-order valence-electron chi connectivity index (χ1n) is 6.90. The molecule has 2 aromatic rings. The van der Waals surface area contributed by atoms with Gasteiger partial charge < -0.3 is 5.73 Å². The van der Waals surface area contributed by atoms with E-state index in [1.807, 2.05) is 35.6 Å². The molecule has 0 spiro atoms. The normalized spacial score (nSPS) is 19.3. The molecule has 0 radical (unpaired) electrons. The van der Waals surface area contributed by atoms with Crippen LogP contribution in [-0.4, -0.2) is 17.4 Å². The number of nitrogens with two attached hydrogens (primary N) is 1. The zero-order valence-corrected chi connectivity index (χ0v) is 12.1. The van der Waals surface area contributed by atoms with Crippen molar-refractivity contribution in [2.24, 2.45) is 5.73 Å². The van der Waals surface area contributed by atoms with Crippen LogP contribution >= 0.6 is 11.3 Å². The number of carbonyl (C=O) groups is 1. The average Bonchev–Trinajstić information content (AvgIpc) is 3.09. The summed E-state index contributed by atoms with van der Waals surface area (Å²) in [4.78, 5) is 15.1. The molecule has 0 bridgehead atoms. The molecule has 1 aliphatic rings. The van der Waals surface area contributed by atoms with Gasteiger partial charge in [0.25, 0.3) is 0 Å². The van der Waals surface area contributed by atoms with E-state index in [0.29, 0.717) is 11.6 Å². The van der Waals surface area contributed by atoms with Crippen LogP contribution in [0.5, 0.6) is 0 Å². The van der Waals surface area contributed by atoms with Gasteiger partial charge in [0.2, 0.25) is 5.91 Å². The molecule has 1 aromatic carbocycles. The number of amides is 1. The van der Waals surface area contributed by atoms with Crippen LogP contribution in [-0.2, 0) is 6.54 Å². The van der Waals surface area contributed by atoms with Gasteiger partial charge in [-0.15, -0.1) is 11.3 Å². The molecule has 0 saturated carbocycles. The first-order valence-corrected chi connectivity index (χ1v) is 7.78. The maximum absolute atomic E-state index is 11.1. The molecule has 3 nitrogen and oxygen atoms in total. The van der Waals surface area contributed by atoms with E-state index in [9.17, 15) is 4.79 Å². The van der Waals surface area contributed by atoms with Gasteiger partial charge >= 0.3 is 0 Å². The minimum atomic E-state index is -0.366. The third kappa shape index (κ3) is 2.76. The topological polar surface area (TPSA) is 46.3 Å². The molecule has 1 aliphatic heterocycles. The summed E-state index contributed by atoms with van der Waals surface area (Å²) in [6.07, 6.45) is 2.49. The van der Waals surface area contributed by atoms with Gasteiger partial charge in [-0.3, -0.25) is 9.69 Å². The molecule has 1 atom stereocenters.